The Balaban J connectivity index is 1.64. The Kier molecular flexibility index (Phi) is 4.42. The van der Waals surface area contributed by atoms with Gasteiger partial charge in [-0.05, 0) is 36.7 Å². The van der Waals surface area contributed by atoms with E-state index in [1.54, 1.807) is 36.5 Å². The molecule has 0 aromatic carbocycles. The van der Waals surface area contributed by atoms with Gasteiger partial charge >= 0.3 is 17.8 Å². The predicted octanol–water partition coefficient (Wildman–Crippen LogP) is 1.50. The summed E-state index contributed by atoms with van der Waals surface area (Å²) >= 11 is 3.44. The topological polar surface area (TPSA) is 62.1 Å². The van der Waals surface area contributed by atoms with Crippen molar-refractivity contribution in [3.05, 3.63) is 44.3 Å². The van der Waals surface area contributed by atoms with Crippen LogP contribution >= 0.6 is 22.7 Å². The Morgan fingerprint density at radius 3 is 2.62 bits per heavy atom. The van der Waals surface area contributed by atoms with E-state index in [0.717, 1.165) is 27.7 Å². The second kappa shape index (κ2) is 6.61. The molecule has 1 unspecified atom stereocenters. The smallest absolute Gasteiger partial charge is 0.306 e. The zero-order chi connectivity index (χ0) is 18.4. The van der Waals surface area contributed by atoms with Gasteiger partial charge in [-0.25, -0.2) is 9.69 Å². The van der Waals surface area contributed by atoms with Crippen LogP contribution in [-0.4, -0.2) is 46.9 Å². The van der Waals surface area contributed by atoms with E-state index in [0.29, 0.717) is 0 Å². The maximum absolute atomic E-state index is 12.6. The number of quaternary nitrogens is 1. The summed E-state index contributed by atoms with van der Waals surface area (Å²) < 4.78 is 0. The molecular weight excluding hydrogens is 370 g/mol. The summed E-state index contributed by atoms with van der Waals surface area (Å²) in [6.07, 6.45) is 0.919. The number of hydrogen-bond donors (Lipinski definition) is 1. The molecule has 0 aliphatic carbocycles. The summed E-state index contributed by atoms with van der Waals surface area (Å²) in [6, 6.07) is 5.53. The van der Waals surface area contributed by atoms with Crippen LogP contribution in [0.4, 0.5) is 4.79 Å². The number of amides is 4. The predicted molar refractivity (Wildman–Crippen MR) is 99.1 cm³/mol. The number of urea groups is 1. The minimum absolute atomic E-state index is 0.0915. The van der Waals surface area contributed by atoms with E-state index in [1.807, 2.05) is 11.4 Å². The highest BCUT2D eigenvalue weighted by molar-refractivity contribution is 7.10. The Morgan fingerprint density at radius 2 is 1.96 bits per heavy atom. The first-order valence-electron chi connectivity index (χ1n) is 8.62. The largest absolute Gasteiger partial charge is 0.338 e. The molecule has 2 aromatic rings. The van der Waals surface area contributed by atoms with Crippen molar-refractivity contribution < 1.29 is 19.3 Å². The highest BCUT2D eigenvalue weighted by Gasteiger charge is 2.48. The van der Waals surface area contributed by atoms with Crippen molar-refractivity contribution >= 4 is 40.5 Å². The zero-order valence-electron chi connectivity index (χ0n) is 14.6. The van der Waals surface area contributed by atoms with Gasteiger partial charge in [0.25, 0.3) is 0 Å². The van der Waals surface area contributed by atoms with Crippen LogP contribution in [0.5, 0.6) is 0 Å². The number of thiophene rings is 2. The number of nitrogens with zero attached hydrogens (tertiary/aromatic N) is 2. The molecule has 8 heteroatoms. The lowest BCUT2D eigenvalue weighted by molar-refractivity contribution is -0.934. The second-order valence-electron chi connectivity index (χ2n) is 6.85. The molecule has 0 radical (unpaired) electrons. The van der Waals surface area contributed by atoms with E-state index in [9.17, 15) is 14.4 Å². The van der Waals surface area contributed by atoms with E-state index in [4.69, 9.17) is 0 Å². The fraction of sp³-hybridized carbons (Fsp3) is 0.389. The molecule has 1 fully saturated rings. The van der Waals surface area contributed by atoms with Gasteiger partial charge in [0, 0.05) is 22.9 Å². The molecular formula is C18H20N3O3S2+. The number of hydrogen-bond acceptors (Lipinski definition) is 5. The number of rotatable bonds is 4. The van der Waals surface area contributed by atoms with Crippen LogP contribution in [0.1, 0.15) is 35.2 Å². The molecule has 0 bridgehead atoms. The third-order valence-corrected chi connectivity index (χ3v) is 6.90. The van der Waals surface area contributed by atoms with Crippen molar-refractivity contribution in [3.8, 4) is 0 Å². The molecule has 0 spiro atoms. The van der Waals surface area contributed by atoms with Gasteiger partial charge in [0.05, 0.1) is 11.4 Å². The Labute approximate surface area is 159 Å². The Hall–Kier alpha value is -2.03. The highest BCUT2D eigenvalue weighted by atomic mass is 32.1. The number of fused-ring (bicyclic) bond motifs is 1. The average molecular weight is 391 g/mol. The van der Waals surface area contributed by atoms with Crippen LogP contribution in [0.15, 0.2) is 29.0 Å². The normalized spacial score (nSPS) is 23.3. The van der Waals surface area contributed by atoms with Crippen LogP contribution in [-0.2, 0) is 16.0 Å². The number of carbonyl (C=O) groups is 3. The third-order valence-electron chi connectivity index (χ3n) is 4.96. The van der Waals surface area contributed by atoms with Gasteiger partial charge < -0.3 is 4.90 Å². The summed E-state index contributed by atoms with van der Waals surface area (Å²) in [4.78, 5) is 43.1. The summed E-state index contributed by atoms with van der Waals surface area (Å²) in [5.74, 6) is -1.43. The SMILES string of the molecule is CC(C)N1C(=O)C(=O)N(C[NH+]2CCc3sccc3[C@@H]2c2cccs2)C1=O. The molecule has 2 aromatic heterocycles. The van der Waals surface area contributed by atoms with Gasteiger partial charge in [-0.3, -0.25) is 14.5 Å². The van der Waals surface area contributed by atoms with E-state index in [-0.39, 0.29) is 18.8 Å². The summed E-state index contributed by atoms with van der Waals surface area (Å²) in [7, 11) is 0. The number of carbonyl (C=O) groups excluding carboxylic acids is 3. The number of nitrogens with one attached hydrogen (secondary N) is 1. The van der Waals surface area contributed by atoms with E-state index < -0.39 is 17.8 Å². The highest BCUT2D eigenvalue weighted by Crippen LogP contribution is 2.31. The van der Waals surface area contributed by atoms with E-state index in [2.05, 4.69) is 17.5 Å². The lowest BCUT2D eigenvalue weighted by atomic mass is 9.99. The summed E-state index contributed by atoms with van der Waals surface area (Å²) in [6.45, 7) is 4.52. The zero-order valence-corrected chi connectivity index (χ0v) is 16.2. The van der Waals surface area contributed by atoms with Crippen molar-refractivity contribution in [2.75, 3.05) is 13.2 Å². The molecule has 26 heavy (non-hydrogen) atoms. The molecule has 2 aliphatic rings. The number of imide groups is 2. The van der Waals surface area contributed by atoms with Crippen LogP contribution in [0, 0.1) is 0 Å². The first-order chi connectivity index (χ1) is 12.5. The first-order valence-corrected chi connectivity index (χ1v) is 10.4. The molecule has 2 atom stereocenters. The van der Waals surface area contributed by atoms with Crippen LogP contribution in [0.3, 0.4) is 0 Å². The molecule has 136 valence electrons. The summed E-state index contributed by atoms with van der Waals surface area (Å²) in [5, 5.41) is 4.15. The Bertz CT molecular complexity index is 859. The van der Waals surface area contributed by atoms with Gasteiger partial charge in [-0.1, -0.05) is 6.07 Å². The minimum Gasteiger partial charge on any atom is -0.306 e. The minimum atomic E-state index is -0.717. The first kappa shape index (κ1) is 17.4. The Morgan fingerprint density at radius 1 is 1.15 bits per heavy atom. The van der Waals surface area contributed by atoms with Crippen LogP contribution < -0.4 is 4.90 Å². The average Bonchev–Trinajstić information content (AvgIpc) is 3.32. The molecule has 4 heterocycles. The van der Waals surface area contributed by atoms with E-state index >= 15 is 0 Å². The molecule has 2 aliphatic heterocycles. The molecule has 4 rings (SSSR count). The van der Waals surface area contributed by atoms with Gasteiger partial charge in [-0.15, -0.1) is 22.7 Å². The second-order valence-corrected chi connectivity index (χ2v) is 8.83. The van der Waals surface area contributed by atoms with E-state index in [1.165, 1.54) is 15.3 Å². The lowest BCUT2D eigenvalue weighted by Crippen LogP contribution is -3.15. The maximum Gasteiger partial charge on any atom is 0.338 e. The monoisotopic (exact) mass is 390 g/mol. The van der Waals surface area contributed by atoms with Gasteiger partial charge in [0.1, 0.15) is 0 Å². The fourth-order valence-electron chi connectivity index (χ4n) is 3.75. The quantitative estimate of drug-likeness (QED) is 0.636. The van der Waals surface area contributed by atoms with Crippen molar-refractivity contribution in [2.24, 2.45) is 0 Å². The molecule has 6 nitrogen and oxygen atoms in total. The van der Waals surface area contributed by atoms with Gasteiger partial charge in [-0.2, -0.15) is 0 Å². The summed E-state index contributed by atoms with van der Waals surface area (Å²) in [5.41, 5.74) is 1.27. The molecule has 0 saturated carbocycles. The van der Waals surface area contributed by atoms with Crippen LogP contribution in [0.2, 0.25) is 0 Å². The molecule has 4 amide bonds. The maximum atomic E-state index is 12.6. The van der Waals surface area contributed by atoms with Crippen molar-refractivity contribution in [2.45, 2.75) is 32.4 Å². The van der Waals surface area contributed by atoms with Gasteiger partial charge in [0.15, 0.2) is 12.7 Å². The van der Waals surface area contributed by atoms with Crippen molar-refractivity contribution in [1.82, 2.24) is 9.80 Å². The molecule has 1 saturated heterocycles. The third kappa shape index (κ3) is 2.69. The lowest BCUT2D eigenvalue weighted by Gasteiger charge is -2.33. The molecule has 1 N–H and O–H groups in total. The van der Waals surface area contributed by atoms with Crippen molar-refractivity contribution in [3.63, 3.8) is 0 Å². The van der Waals surface area contributed by atoms with Gasteiger partial charge in [0.2, 0.25) is 0 Å². The van der Waals surface area contributed by atoms with Crippen LogP contribution in [0.25, 0.3) is 0 Å². The standard InChI is InChI=1S/C18H19N3O3S2/c1-11(2)21-17(23)16(22)20(18(21)24)10-19-7-5-13-12(6-9-26-13)15(19)14-4-3-8-25-14/h3-4,6,8-9,11,15H,5,7,10H2,1-2H3/p+1/t15-/m1/s1. The fourth-order valence-corrected chi connectivity index (χ4v) is 5.57. The van der Waals surface area contributed by atoms with Crippen molar-refractivity contribution in [1.29, 1.82) is 0 Å².